The van der Waals surface area contributed by atoms with Crippen molar-refractivity contribution in [3.05, 3.63) is 18.0 Å². The van der Waals surface area contributed by atoms with Crippen molar-refractivity contribution in [1.82, 2.24) is 10.2 Å². The van der Waals surface area contributed by atoms with E-state index in [9.17, 15) is 0 Å². The highest BCUT2D eigenvalue weighted by atomic mass is 32.2. The summed E-state index contributed by atoms with van der Waals surface area (Å²) in [5, 5.41) is 6.61. The van der Waals surface area contributed by atoms with Gasteiger partial charge in [0.2, 0.25) is 0 Å². The zero-order valence-electron chi connectivity index (χ0n) is 5.42. The molecular formula is C6H10N2S. The maximum absolute atomic E-state index is 3.84. The number of aromatic nitrogens is 2. The number of nitrogens with one attached hydrogen (secondary N) is 1. The molecule has 1 aromatic heterocycles. The second-order valence-corrected chi connectivity index (χ2v) is 3.02. The lowest BCUT2D eigenvalue weighted by Gasteiger charge is -1.90. The highest BCUT2D eigenvalue weighted by Crippen LogP contribution is 2.08. The summed E-state index contributed by atoms with van der Waals surface area (Å²) in [6.45, 7) is 2.16. The Morgan fingerprint density at radius 1 is 1.78 bits per heavy atom. The zero-order valence-corrected chi connectivity index (χ0v) is 6.24. The lowest BCUT2D eigenvalue weighted by Crippen LogP contribution is -1.74. The summed E-state index contributed by atoms with van der Waals surface area (Å²) >= 11 is 1.91. The van der Waals surface area contributed by atoms with Gasteiger partial charge in [-0.1, -0.05) is 6.92 Å². The number of aromatic amines is 1. The second kappa shape index (κ2) is 3.56. The van der Waals surface area contributed by atoms with E-state index >= 15 is 0 Å². The minimum absolute atomic E-state index is 1.08. The van der Waals surface area contributed by atoms with Crippen LogP contribution in [0.15, 0.2) is 12.4 Å². The maximum Gasteiger partial charge on any atom is 0.0527 e. The van der Waals surface area contributed by atoms with E-state index in [1.165, 1.54) is 11.3 Å². The zero-order chi connectivity index (χ0) is 6.53. The Kier molecular flexibility index (Phi) is 2.64. The van der Waals surface area contributed by atoms with E-state index in [4.69, 9.17) is 0 Å². The van der Waals surface area contributed by atoms with Crippen molar-refractivity contribution < 1.29 is 0 Å². The number of rotatable bonds is 3. The van der Waals surface area contributed by atoms with E-state index in [1.54, 1.807) is 0 Å². The Morgan fingerprint density at radius 3 is 3.22 bits per heavy atom. The number of hydrogen-bond acceptors (Lipinski definition) is 2. The van der Waals surface area contributed by atoms with E-state index in [-0.39, 0.29) is 0 Å². The number of H-pyrrole nitrogens is 1. The van der Waals surface area contributed by atoms with Crippen molar-refractivity contribution >= 4 is 11.8 Å². The minimum Gasteiger partial charge on any atom is -0.285 e. The quantitative estimate of drug-likeness (QED) is 0.695. The molecule has 1 aromatic rings. The summed E-state index contributed by atoms with van der Waals surface area (Å²) in [4.78, 5) is 0. The van der Waals surface area contributed by atoms with Gasteiger partial charge in [0.05, 0.1) is 6.20 Å². The van der Waals surface area contributed by atoms with E-state index in [1.807, 2.05) is 24.2 Å². The fraction of sp³-hybridized carbons (Fsp3) is 0.500. The molecule has 0 unspecified atom stereocenters. The highest BCUT2D eigenvalue weighted by molar-refractivity contribution is 7.98. The summed E-state index contributed by atoms with van der Waals surface area (Å²) in [7, 11) is 0. The van der Waals surface area contributed by atoms with Gasteiger partial charge >= 0.3 is 0 Å². The monoisotopic (exact) mass is 142 g/mol. The molecule has 0 aliphatic carbocycles. The molecule has 1 rings (SSSR count). The van der Waals surface area contributed by atoms with Crippen LogP contribution in [0.4, 0.5) is 0 Å². The Balaban J connectivity index is 2.30. The van der Waals surface area contributed by atoms with Crippen molar-refractivity contribution in [2.45, 2.75) is 12.7 Å². The number of hydrogen-bond donors (Lipinski definition) is 1. The lowest BCUT2D eigenvalue weighted by molar-refractivity contribution is 1.09. The average Bonchev–Trinajstić information content (AvgIpc) is 2.34. The normalized spacial score (nSPS) is 9.89. The third-order valence-corrected chi connectivity index (χ3v) is 1.97. The van der Waals surface area contributed by atoms with Crippen molar-refractivity contribution in [3.63, 3.8) is 0 Å². The Labute approximate surface area is 59.0 Å². The molecule has 2 nitrogen and oxygen atoms in total. The molecule has 0 fully saturated rings. The molecule has 0 radical (unpaired) electrons. The van der Waals surface area contributed by atoms with Gasteiger partial charge in [0, 0.05) is 11.9 Å². The molecule has 50 valence electrons. The third kappa shape index (κ3) is 2.10. The standard InChI is InChI=1S/C6H10N2S/c1-2-9-5-6-3-7-8-4-6/h3-4H,2,5H2,1H3,(H,7,8). The van der Waals surface area contributed by atoms with Gasteiger partial charge in [-0.15, -0.1) is 0 Å². The van der Waals surface area contributed by atoms with E-state index < -0.39 is 0 Å². The summed E-state index contributed by atoms with van der Waals surface area (Å²) < 4.78 is 0. The molecule has 0 amide bonds. The third-order valence-electron chi connectivity index (χ3n) is 1.03. The van der Waals surface area contributed by atoms with Crippen molar-refractivity contribution in [3.8, 4) is 0 Å². The highest BCUT2D eigenvalue weighted by Gasteiger charge is 1.90. The molecule has 0 saturated heterocycles. The molecule has 0 atom stereocenters. The topological polar surface area (TPSA) is 28.7 Å². The van der Waals surface area contributed by atoms with Crippen LogP contribution in [0.3, 0.4) is 0 Å². The predicted molar refractivity (Wildman–Crippen MR) is 40.4 cm³/mol. The van der Waals surface area contributed by atoms with Gasteiger partial charge in [-0.25, -0.2) is 0 Å². The van der Waals surface area contributed by atoms with Crippen molar-refractivity contribution in [2.75, 3.05) is 5.75 Å². The Hall–Kier alpha value is -0.440. The maximum atomic E-state index is 3.84. The predicted octanol–water partition coefficient (Wildman–Crippen LogP) is 1.66. The fourth-order valence-corrected chi connectivity index (χ4v) is 1.17. The first-order valence-electron chi connectivity index (χ1n) is 2.99. The molecular weight excluding hydrogens is 132 g/mol. The largest absolute Gasteiger partial charge is 0.285 e. The van der Waals surface area contributed by atoms with Crippen LogP contribution in [0.2, 0.25) is 0 Å². The molecule has 1 heterocycles. The van der Waals surface area contributed by atoms with Crippen LogP contribution in [0.25, 0.3) is 0 Å². The van der Waals surface area contributed by atoms with Crippen LogP contribution < -0.4 is 0 Å². The van der Waals surface area contributed by atoms with Crippen LogP contribution in [-0.4, -0.2) is 16.0 Å². The van der Waals surface area contributed by atoms with Crippen LogP contribution in [0.5, 0.6) is 0 Å². The van der Waals surface area contributed by atoms with Crippen LogP contribution in [0, 0.1) is 0 Å². The van der Waals surface area contributed by atoms with E-state index in [0.717, 1.165) is 5.75 Å². The second-order valence-electron chi connectivity index (χ2n) is 1.74. The van der Waals surface area contributed by atoms with Gasteiger partial charge in [-0.05, 0) is 11.3 Å². The van der Waals surface area contributed by atoms with Crippen LogP contribution in [-0.2, 0) is 5.75 Å². The van der Waals surface area contributed by atoms with Crippen molar-refractivity contribution in [2.24, 2.45) is 0 Å². The van der Waals surface area contributed by atoms with Crippen LogP contribution in [0.1, 0.15) is 12.5 Å². The molecule has 3 heteroatoms. The number of nitrogens with zero attached hydrogens (tertiary/aromatic N) is 1. The molecule has 9 heavy (non-hydrogen) atoms. The lowest BCUT2D eigenvalue weighted by atomic mass is 10.4. The summed E-state index contributed by atoms with van der Waals surface area (Å²) in [5.74, 6) is 2.25. The van der Waals surface area contributed by atoms with Crippen molar-refractivity contribution in [1.29, 1.82) is 0 Å². The van der Waals surface area contributed by atoms with Gasteiger partial charge in [-0.2, -0.15) is 16.9 Å². The number of thioether (sulfide) groups is 1. The molecule has 0 aromatic carbocycles. The smallest absolute Gasteiger partial charge is 0.0527 e. The van der Waals surface area contributed by atoms with Gasteiger partial charge in [0.15, 0.2) is 0 Å². The molecule has 0 bridgehead atoms. The minimum atomic E-state index is 1.08. The van der Waals surface area contributed by atoms with Gasteiger partial charge < -0.3 is 0 Å². The van der Waals surface area contributed by atoms with Crippen LogP contribution >= 0.6 is 11.8 Å². The fourth-order valence-electron chi connectivity index (χ4n) is 0.576. The average molecular weight is 142 g/mol. The molecule has 0 aliphatic rings. The first-order valence-corrected chi connectivity index (χ1v) is 4.14. The molecule has 0 saturated carbocycles. The first-order chi connectivity index (χ1) is 4.43. The van der Waals surface area contributed by atoms with E-state index in [0.29, 0.717) is 0 Å². The van der Waals surface area contributed by atoms with Gasteiger partial charge in [0.1, 0.15) is 0 Å². The van der Waals surface area contributed by atoms with E-state index in [2.05, 4.69) is 17.1 Å². The molecule has 0 spiro atoms. The van der Waals surface area contributed by atoms with Gasteiger partial charge in [0.25, 0.3) is 0 Å². The first kappa shape index (κ1) is 6.68. The summed E-state index contributed by atoms with van der Waals surface area (Å²) in [6, 6.07) is 0. The molecule has 0 aliphatic heterocycles. The molecule has 1 N–H and O–H groups in total. The Bertz CT molecular complexity index is 148. The SMILES string of the molecule is CCSCc1cn[nH]c1. The van der Waals surface area contributed by atoms with Gasteiger partial charge in [-0.3, -0.25) is 5.10 Å². The summed E-state index contributed by atoms with van der Waals surface area (Å²) in [5.41, 5.74) is 1.28. The Morgan fingerprint density at radius 2 is 2.67 bits per heavy atom. The summed E-state index contributed by atoms with van der Waals surface area (Å²) in [6.07, 6.45) is 3.80.